The Kier molecular flexibility index (Phi) is 6.54. The van der Waals surface area contributed by atoms with Crippen molar-refractivity contribution in [1.82, 2.24) is 5.32 Å². The van der Waals surface area contributed by atoms with Gasteiger partial charge in [0.25, 0.3) is 0 Å². The van der Waals surface area contributed by atoms with Crippen LogP contribution in [0.3, 0.4) is 0 Å². The Balaban J connectivity index is 1.63. The van der Waals surface area contributed by atoms with Gasteiger partial charge in [0.05, 0.1) is 0 Å². The Hall–Kier alpha value is -1.55. The lowest BCUT2D eigenvalue weighted by Crippen LogP contribution is -2.37. The number of hydrogen-bond donors (Lipinski definition) is 2. The zero-order valence-electron chi connectivity index (χ0n) is 12.5. The summed E-state index contributed by atoms with van der Waals surface area (Å²) in [6.07, 6.45) is 5.95. The highest BCUT2D eigenvalue weighted by Crippen LogP contribution is 2.27. The maximum absolute atomic E-state index is 11.8. The number of hydrogen-bond acceptors (Lipinski definition) is 3. The van der Waals surface area contributed by atoms with Gasteiger partial charge in [-0.2, -0.15) is 0 Å². The number of nitrogens with one attached hydrogen (secondary N) is 1. The third-order valence-electron chi connectivity index (χ3n) is 4.15. The number of alkyl carbamates (subject to hydrolysis) is 1. The summed E-state index contributed by atoms with van der Waals surface area (Å²) >= 11 is 0. The quantitative estimate of drug-likeness (QED) is 0.846. The molecule has 1 fully saturated rings. The first-order chi connectivity index (χ1) is 10.3. The first-order valence-electron chi connectivity index (χ1n) is 7.86. The number of benzene rings is 1. The van der Waals surface area contributed by atoms with Gasteiger partial charge >= 0.3 is 6.09 Å². The Morgan fingerprint density at radius 2 is 1.90 bits per heavy atom. The summed E-state index contributed by atoms with van der Waals surface area (Å²) in [4.78, 5) is 11.8. The molecule has 0 saturated heterocycles. The van der Waals surface area contributed by atoms with Crippen molar-refractivity contribution in [2.45, 2.75) is 51.2 Å². The molecule has 2 rings (SSSR count). The van der Waals surface area contributed by atoms with E-state index in [0.29, 0.717) is 12.5 Å². The molecule has 1 saturated carbocycles. The second-order valence-corrected chi connectivity index (χ2v) is 5.79. The van der Waals surface area contributed by atoms with Crippen molar-refractivity contribution in [3.63, 3.8) is 0 Å². The average Bonchev–Trinajstić information content (AvgIpc) is 2.53. The fourth-order valence-electron chi connectivity index (χ4n) is 2.91. The Labute approximate surface area is 126 Å². The van der Waals surface area contributed by atoms with Crippen LogP contribution in [0.4, 0.5) is 4.79 Å². The van der Waals surface area contributed by atoms with Gasteiger partial charge in [0.2, 0.25) is 0 Å². The molecule has 0 bridgehead atoms. The molecule has 0 radical (unpaired) electrons. The standard InChI is InChI=1S/C17H25NO3/c19-12-4-7-14-8-10-16(11-9-14)18-17(20)21-13-15-5-2-1-3-6-15/h1-3,5-6,14,16,19H,4,7-13H2,(H,18,20). The highest BCUT2D eigenvalue weighted by atomic mass is 16.5. The summed E-state index contributed by atoms with van der Waals surface area (Å²) in [5.74, 6) is 0.704. The Bertz CT molecular complexity index is 413. The van der Waals surface area contributed by atoms with Crippen LogP contribution in [-0.2, 0) is 11.3 Å². The summed E-state index contributed by atoms with van der Waals surface area (Å²) in [7, 11) is 0. The molecule has 1 aliphatic carbocycles. The summed E-state index contributed by atoms with van der Waals surface area (Å²) in [6, 6.07) is 9.94. The molecule has 0 spiro atoms. The fraction of sp³-hybridized carbons (Fsp3) is 0.588. The van der Waals surface area contributed by atoms with Gasteiger partial charge in [-0.1, -0.05) is 30.3 Å². The molecular formula is C17H25NO3. The molecule has 116 valence electrons. The van der Waals surface area contributed by atoms with Crippen LogP contribution in [0.2, 0.25) is 0 Å². The first kappa shape index (κ1) is 15.8. The number of aliphatic hydroxyl groups is 1. The molecule has 1 aliphatic rings. The summed E-state index contributed by atoms with van der Waals surface area (Å²) in [5, 5.41) is 11.8. The first-order valence-corrected chi connectivity index (χ1v) is 7.86. The zero-order chi connectivity index (χ0) is 14.9. The van der Waals surface area contributed by atoms with Gasteiger partial charge in [-0.15, -0.1) is 0 Å². The van der Waals surface area contributed by atoms with Gasteiger partial charge in [0.15, 0.2) is 0 Å². The lowest BCUT2D eigenvalue weighted by Gasteiger charge is -2.28. The maximum atomic E-state index is 11.8. The largest absolute Gasteiger partial charge is 0.445 e. The van der Waals surface area contributed by atoms with Crippen LogP contribution < -0.4 is 5.32 Å². The molecule has 21 heavy (non-hydrogen) atoms. The predicted molar refractivity (Wildman–Crippen MR) is 81.8 cm³/mol. The van der Waals surface area contributed by atoms with Crippen LogP contribution >= 0.6 is 0 Å². The van der Waals surface area contributed by atoms with E-state index in [2.05, 4.69) is 5.32 Å². The second kappa shape index (κ2) is 8.67. The predicted octanol–water partition coefficient (Wildman–Crippen LogP) is 3.24. The highest BCUT2D eigenvalue weighted by Gasteiger charge is 2.22. The summed E-state index contributed by atoms with van der Waals surface area (Å²) in [6.45, 7) is 0.600. The van der Waals surface area contributed by atoms with Crippen molar-refractivity contribution in [2.75, 3.05) is 6.61 Å². The number of carbonyl (C=O) groups is 1. The summed E-state index contributed by atoms with van der Waals surface area (Å²) < 4.78 is 5.24. The molecule has 1 amide bonds. The van der Waals surface area contributed by atoms with Gasteiger partial charge in [-0.3, -0.25) is 0 Å². The van der Waals surface area contributed by atoms with Gasteiger partial charge in [-0.05, 0) is 50.0 Å². The van der Waals surface area contributed by atoms with E-state index < -0.39 is 0 Å². The minimum atomic E-state index is -0.322. The Morgan fingerprint density at radius 3 is 2.57 bits per heavy atom. The van der Waals surface area contributed by atoms with Crippen LogP contribution in [0.25, 0.3) is 0 Å². The van der Waals surface area contributed by atoms with Crippen LogP contribution in [0, 0.1) is 5.92 Å². The SMILES string of the molecule is O=C(NC1CCC(CCCO)CC1)OCc1ccccc1. The van der Waals surface area contributed by atoms with E-state index in [1.807, 2.05) is 30.3 Å². The molecule has 0 heterocycles. The van der Waals surface area contributed by atoms with Crippen LogP contribution in [0.5, 0.6) is 0 Å². The minimum Gasteiger partial charge on any atom is -0.445 e. The maximum Gasteiger partial charge on any atom is 0.407 e. The molecule has 0 atom stereocenters. The van der Waals surface area contributed by atoms with Crippen molar-refractivity contribution in [2.24, 2.45) is 5.92 Å². The summed E-state index contributed by atoms with van der Waals surface area (Å²) in [5.41, 5.74) is 1.00. The van der Waals surface area contributed by atoms with E-state index >= 15 is 0 Å². The van der Waals surface area contributed by atoms with Gasteiger partial charge in [0.1, 0.15) is 6.61 Å². The molecule has 4 nitrogen and oxygen atoms in total. The van der Waals surface area contributed by atoms with Gasteiger partial charge in [-0.25, -0.2) is 4.79 Å². The van der Waals surface area contributed by atoms with E-state index in [9.17, 15) is 4.79 Å². The topological polar surface area (TPSA) is 58.6 Å². The van der Waals surface area contributed by atoms with Crippen LogP contribution in [0.15, 0.2) is 30.3 Å². The van der Waals surface area contributed by atoms with Gasteiger partial charge < -0.3 is 15.2 Å². The van der Waals surface area contributed by atoms with Crippen molar-refractivity contribution in [3.8, 4) is 0 Å². The molecular weight excluding hydrogens is 266 g/mol. The number of rotatable bonds is 6. The lowest BCUT2D eigenvalue weighted by molar-refractivity contribution is 0.130. The monoisotopic (exact) mass is 291 g/mol. The van der Waals surface area contributed by atoms with E-state index in [1.165, 1.54) is 0 Å². The zero-order valence-corrected chi connectivity index (χ0v) is 12.5. The number of ether oxygens (including phenoxy) is 1. The number of aliphatic hydroxyl groups excluding tert-OH is 1. The van der Waals surface area contributed by atoms with E-state index in [-0.39, 0.29) is 18.7 Å². The van der Waals surface area contributed by atoms with Crippen molar-refractivity contribution < 1.29 is 14.6 Å². The lowest BCUT2D eigenvalue weighted by atomic mass is 9.83. The molecule has 1 aromatic rings. The van der Waals surface area contributed by atoms with Crippen molar-refractivity contribution in [3.05, 3.63) is 35.9 Å². The van der Waals surface area contributed by atoms with Crippen LogP contribution in [0.1, 0.15) is 44.1 Å². The third kappa shape index (κ3) is 5.76. The third-order valence-corrected chi connectivity index (χ3v) is 4.15. The van der Waals surface area contributed by atoms with E-state index in [1.54, 1.807) is 0 Å². The van der Waals surface area contributed by atoms with Crippen LogP contribution in [-0.4, -0.2) is 23.8 Å². The van der Waals surface area contributed by atoms with Crippen molar-refractivity contribution in [1.29, 1.82) is 0 Å². The second-order valence-electron chi connectivity index (χ2n) is 5.79. The number of carbonyl (C=O) groups excluding carboxylic acids is 1. The number of amides is 1. The fourth-order valence-corrected chi connectivity index (χ4v) is 2.91. The average molecular weight is 291 g/mol. The van der Waals surface area contributed by atoms with Gasteiger partial charge in [0, 0.05) is 12.6 Å². The smallest absolute Gasteiger partial charge is 0.407 e. The molecule has 0 aliphatic heterocycles. The minimum absolute atomic E-state index is 0.235. The highest BCUT2D eigenvalue weighted by molar-refractivity contribution is 5.67. The normalized spacial score (nSPS) is 21.8. The molecule has 1 aromatic carbocycles. The molecule has 0 unspecified atom stereocenters. The Morgan fingerprint density at radius 1 is 1.19 bits per heavy atom. The van der Waals surface area contributed by atoms with Crippen molar-refractivity contribution >= 4 is 6.09 Å². The molecule has 0 aromatic heterocycles. The molecule has 2 N–H and O–H groups in total. The molecule has 4 heteroatoms. The van der Waals surface area contributed by atoms with E-state index in [0.717, 1.165) is 44.1 Å². The van der Waals surface area contributed by atoms with E-state index in [4.69, 9.17) is 9.84 Å².